The Balaban J connectivity index is 1.24. The molecule has 216 valence electrons. The Hall–Kier alpha value is -5.18. The van der Waals surface area contributed by atoms with Gasteiger partial charge in [0, 0.05) is 6.54 Å². The van der Waals surface area contributed by atoms with Crippen molar-refractivity contribution in [1.29, 1.82) is 0 Å². The van der Waals surface area contributed by atoms with Crippen molar-refractivity contribution < 1.29 is 33.6 Å². The highest BCUT2D eigenvalue weighted by Gasteiger charge is 2.30. The number of carboxylic acids is 1. The number of nitrogens with zero attached hydrogens (tertiary/aromatic N) is 2. The van der Waals surface area contributed by atoms with Gasteiger partial charge in [0.2, 0.25) is 0 Å². The number of carboxylic acid groups (broad SMARTS) is 1. The molecule has 1 atom stereocenters. The van der Waals surface area contributed by atoms with E-state index in [4.69, 9.17) is 18.9 Å². The number of ether oxygens (including phenoxy) is 4. The summed E-state index contributed by atoms with van der Waals surface area (Å²) in [6.07, 6.45) is -0.525. The third kappa shape index (κ3) is 6.41. The summed E-state index contributed by atoms with van der Waals surface area (Å²) in [6, 6.07) is 28.5. The maximum atomic E-state index is 13.1. The monoisotopic (exact) mass is 568 g/mol. The lowest BCUT2D eigenvalue weighted by Gasteiger charge is -2.32. The first-order chi connectivity index (χ1) is 20.5. The van der Waals surface area contributed by atoms with Crippen molar-refractivity contribution >= 4 is 23.4 Å². The van der Waals surface area contributed by atoms with Crippen LogP contribution in [0.25, 0.3) is 0 Å². The molecule has 1 amide bonds. The van der Waals surface area contributed by atoms with Gasteiger partial charge < -0.3 is 29.0 Å². The fourth-order valence-electron chi connectivity index (χ4n) is 4.80. The molecule has 0 saturated carbocycles. The van der Waals surface area contributed by atoms with Crippen LogP contribution in [0.15, 0.2) is 97.1 Å². The minimum Gasteiger partial charge on any atom is -0.497 e. The zero-order chi connectivity index (χ0) is 29.5. The Morgan fingerprint density at radius 2 is 1.40 bits per heavy atom. The van der Waals surface area contributed by atoms with Crippen molar-refractivity contribution in [3.63, 3.8) is 0 Å². The lowest BCUT2D eigenvalue weighted by Crippen LogP contribution is -2.45. The van der Waals surface area contributed by atoms with Crippen LogP contribution in [-0.2, 0) is 11.3 Å². The fraction of sp³-hybridized carbons (Fsp3) is 0.212. The van der Waals surface area contributed by atoms with E-state index < -0.39 is 18.1 Å². The summed E-state index contributed by atoms with van der Waals surface area (Å²) in [6.45, 7) is 2.79. The molecule has 0 saturated heterocycles. The summed E-state index contributed by atoms with van der Waals surface area (Å²) >= 11 is 0. The number of para-hydroxylation sites is 4. The number of methoxy groups -OCH3 is 1. The van der Waals surface area contributed by atoms with E-state index in [9.17, 15) is 14.7 Å². The molecule has 0 bridgehead atoms. The predicted molar refractivity (Wildman–Crippen MR) is 158 cm³/mol. The average Bonchev–Trinajstić information content (AvgIpc) is 3.01. The van der Waals surface area contributed by atoms with E-state index in [2.05, 4.69) is 4.90 Å². The van der Waals surface area contributed by atoms with Crippen molar-refractivity contribution in [2.24, 2.45) is 0 Å². The summed E-state index contributed by atoms with van der Waals surface area (Å²) in [5, 5.41) is 9.78. The molecule has 42 heavy (non-hydrogen) atoms. The quantitative estimate of drug-likeness (QED) is 0.209. The van der Waals surface area contributed by atoms with E-state index in [1.807, 2.05) is 72.8 Å². The number of anilines is 2. The second-order valence-corrected chi connectivity index (χ2v) is 9.62. The Morgan fingerprint density at radius 3 is 1.98 bits per heavy atom. The molecule has 9 nitrogen and oxygen atoms in total. The number of hydrogen-bond donors (Lipinski definition) is 1. The predicted octanol–water partition coefficient (Wildman–Crippen LogP) is 6.88. The van der Waals surface area contributed by atoms with Crippen LogP contribution in [0.1, 0.15) is 18.9 Å². The Labute approximate surface area is 244 Å². The molecule has 5 rings (SSSR count). The summed E-state index contributed by atoms with van der Waals surface area (Å²) < 4.78 is 22.7. The molecule has 1 heterocycles. The number of carbonyl (C=O) groups excluding carboxylic acids is 1. The van der Waals surface area contributed by atoms with Crippen LogP contribution in [0.2, 0.25) is 0 Å². The molecular formula is C33H32N2O7. The van der Waals surface area contributed by atoms with E-state index in [1.54, 1.807) is 38.3 Å². The first-order valence-corrected chi connectivity index (χ1v) is 13.7. The highest BCUT2D eigenvalue weighted by atomic mass is 16.6. The van der Waals surface area contributed by atoms with E-state index in [0.717, 1.165) is 28.4 Å². The van der Waals surface area contributed by atoms with Gasteiger partial charge in [-0.25, -0.2) is 9.59 Å². The number of amides is 1. The van der Waals surface area contributed by atoms with Crippen molar-refractivity contribution in [2.45, 2.75) is 25.9 Å². The SMILES string of the molecule is CCC(C(=O)O)N(Cc1ccc(OCCN2c3ccccc3Oc3ccccc32)cc1)C(=O)Oc1ccc(OC)cc1. The number of aliphatic carboxylic acids is 1. The topological polar surface area (TPSA) is 97.8 Å². The zero-order valence-corrected chi connectivity index (χ0v) is 23.4. The van der Waals surface area contributed by atoms with Gasteiger partial charge in [-0.2, -0.15) is 0 Å². The molecule has 1 aliphatic heterocycles. The van der Waals surface area contributed by atoms with Gasteiger partial charge in [-0.15, -0.1) is 0 Å². The van der Waals surface area contributed by atoms with Crippen molar-refractivity contribution in [2.75, 3.05) is 25.2 Å². The van der Waals surface area contributed by atoms with E-state index in [1.165, 1.54) is 4.90 Å². The normalized spacial score (nSPS) is 12.3. The molecule has 1 aliphatic rings. The molecule has 4 aromatic carbocycles. The number of fused-ring (bicyclic) bond motifs is 2. The van der Waals surface area contributed by atoms with Crippen LogP contribution in [-0.4, -0.2) is 48.4 Å². The number of carbonyl (C=O) groups is 2. The van der Waals surface area contributed by atoms with Crippen LogP contribution in [0, 0.1) is 0 Å². The second kappa shape index (κ2) is 13.0. The maximum absolute atomic E-state index is 13.1. The summed E-state index contributed by atoms with van der Waals surface area (Å²) in [5.41, 5.74) is 2.69. The molecule has 0 fully saturated rings. The molecule has 0 spiro atoms. The maximum Gasteiger partial charge on any atom is 0.416 e. The lowest BCUT2D eigenvalue weighted by atomic mass is 10.1. The molecular weight excluding hydrogens is 536 g/mol. The third-order valence-electron chi connectivity index (χ3n) is 6.94. The van der Waals surface area contributed by atoms with Gasteiger partial charge in [-0.1, -0.05) is 43.3 Å². The molecule has 0 radical (unpaired) electrons. The van der Waals surface area contributed by atoms with E-state index in [-0.39, 0.29) is 13.0 Å². The molecule has 0 aromatic heterocycles. The van der Waals surface area contributed by atoms with Crippen LogP contribution in [0.3, 0.4) is 0 Å². The van der Waals surface area contributed by atoms with Crippen LogP contribution >= 0.6 is 0 Å². The summed E-state index contributed by atoms with van der Waals surface area (Å²) in [7, 11) is 1.54. The third-order valence-corrected chi connectivity index (χ3v) is 6.94. The van der Waals surface area contributed by atoms with Crippen molar-refractivity contribution in [3.8, 4) is 28.7 Å². The Kier molecular flexibility index (Phi) is 8.77. The zero-order valence-electron chi connectivity index (χ0n) is 23.4. The van der Waals surface area contributed by atoms with Gasteiger partial charge >= 0.3 is 12.1 Å². The summed E-state index contributed by atoms with van der Waals surface area (Å²) in [5.74, 6) is 2.05. The van der Waals surface area contributed by atoms with Crippen LogP contribution < -0.4 is 23.8 Å². The highest BCUT2D eigenvalue weighted by molar-refractivity contribution is 5.81. The minimum absolute atomic E-state index is 0.0570. The van der Waals surface area contributed by atoms with Crippen LogP contribution in [0.5, 0.6) is 28.7 Å². The first kappa shape index (κ1) is 28.4. The van der Waals surface area contributed by atoms with Crippen LogP contribution in [0.4, 0.5) is 16.2 Å². The Morgan fingerprint density at radius 1 is 0.833 bits per heavy atom. The standard InChI is InChI=1S/C33H32N2O7/c1-3-27(32(36)37)35(33(38)41-26-18-16-24(39-2)17-19-26)22-23-12-14-25(15-13-23)40-21-20-34-28-8-4-6-10-30(28)42-31-11-7-5-9-29(31)34/h4-19,27H,3,20-22H2,1-2H3,(H,36,37). The Bertz CT molecular complexity index is 1480. The highest BCUT2D eigenvalue weighted by Crippen LogP contribution is 2.45. The van der Waals surface area contributed by atoms with Gasteiger partial charge in [0.1, 0.15) is 29.9 Å². The largest absolute Gasteiger partial charge is 0.497 e. The molecule has 1 N–H and O–H groups in total. The molecule has 1 unspecified atom stereocenters. The first-order valence-electron chi connectivity index (χ1n) is 13.7. The van der Waals surface area contributed by atoms with Crippen molar-refractivity contribution in [3.05, 3.63) is 103 Å². The van der Waals surface area contributed by atoms with E-state index >= 15 is 0 Å². The lowest BCUT2D eigenvalue weighted by molar-refractivity contribution is -0.142. The van der Waals surface area contributed by atoms with E-state index in [0.29, 0.717) is 30.4 Å². The van der Waals surface area contributed by atoms with Gasteiger partial charge in [0.25, 0.3) is 0 Å². The molecule has 9 heteroatoms. The van der Waals surface area contributed by atoms with Gasteiger partial charge in [-0.05, 0) is 72.6 Å². The number of benzene rings is 4. The number of hydrogen-bond acceptors (Lipinski definition) is 7. The number of rotatable bonds is 11. The summed E-state index contributed by atoms with van der Waals surface area (Å²) in [4.78, 5) is 28.4. The minimum atomic E-state index is -1.10. The second-order valence-electron chi connectivity index (χ2n) is 9.62. The fourth-order valence-corrected chi connectivity index (χ4v) is 4.80. The average molecular weight is 569 g/mol. The smallest absolute Gasteiger partial charge is 0.416 e. The molecule has 4 aromatic rings. The van der Waals surface area contributed by atoms with Gasteiger partial charge in [0.05, 0.1) is 25.0 Å². The molecule has 0 aliphatic carbocycles. The van der Waals surface area contributed by atoms with Gasteiger partial charge in [0.15, 0.2) is 11.5 Å². The van der Waals surface area contributed by atoms with Crippen molar-refractivity contribution in [1.82, 2.24) is 4.90 Å². The van der Waals surface area contributed by atoms with Gasteiger partial charge in [-0.3, -0.25) is 4.90 Å².